The van der Waals surface area contributed by atoms with Crippen LogP contribution in [-0.2, 0) is 16.0 Å². The number of aromatic nitrogens is 2. The lowest BCUT2D eigenvalue weighted by atomic mass is 10.1. The number of carboxylic acid groups (broad SMARTS) is 1. The normalized spacial score (nSPS) is 12.1. The van der Waals surface area contributed by atoms with E-state index >= 15 is 0 Å². The Morgan fingerprint density at radius 1 is 1.67 bits per heavy atom. The Labute approximate surface area is 85.7 Å². The van der Waals surface area contributed by atoms with Crippen LogP contribution in [0.3, 0.4) is 0 Å². The number of H-pyrrole nitrogens is 1. The second-order valence-electron chi connectivity index (χ2n) is 2.94. The molecular weight excluding hydrogens is 200 g/mol. The number of carboxylic acids is 1. The highest BCUT2D eigenvalue weighted by Gasteiger charge is 2.20. The first-order valence-electron chi connectivity index (χ1n) is 4.33. The van der Waals surface area contributed by atoms with Crippen LogP contribution in [0.15, 0.2) is 12.5 Å². The van der Waals surface area contributed by atoms with Crippen molar-refractivity contribution >= 4 is 11.9 Å². The van der Waals surface area contributed by atoms with Crippen LogP contribution < -0.4 is 11.1 Å². The molecule has 7 nitrogen and oxygen atoms in total. The highest BCUT2D eigenvalue weighted by atomic mass is 16.4. The molecule has 0 fully saturated rings. The number of hydrogen-bond donors (Lipinski definition) is 4. The minimum Gasteiger partial charge on any atom is -0.480 e. The molecule has 1 aromatic rings. The number of aromatic amines is 1. The van der Waals surface area contributed by atoms with Crippen molar-refractivity contribution in [1.29, 1.82) is 0 Å². The maximum atomic E-state index is 10.9. The molecular formula is C8H12N4O3. The lowest BCUT2D eigenvalue weighted by Gasteiger charge is -2.12. The number of nitrogens with zero attached hydrogens (tertiary/aromatic N) is 1. The first-order chi connectivity index (χ1) is 7.13. The van der Waals surface area contributed by atoms with E-state index in [2.05, 4.69) is 15.3 Å². The first-order valence-corrected chi connectivity index (χ1v) is 4.33. The molecule has 0 aliphatic rings. The van der Waals surface area contributed by atoms with Crippen molar-refractivity contribution in [2.24, 2.45) is 5.73 Å². The fourth-order valence-electron chi connectivity index (χ4n) is 1.07. The molecule has 5 N–H and O–H groups in total. The minimum absolute atomic E-state index is 0.154. The van der Waals surface area contributed by atoms with Gasteiger partial charge < -0.3 is 21.1 Å². The summed E-state index contributed by atoms with van der Waals surface area (Å²) in [5, 5.41) is 11.1. The molecule has 1 amide bonds. The number of rotatable bonds is 5. The minimum atomic E-state index is -1.11. The number of amides is 1. The summed E-state index contributed by atoms with van der Waals surface area (Å²) in [4.78, 5) is 28.2. The molecule has 15 heavy (non-hydrogen) atoms. The lowest BCUT2D eigenvalue weighted by Crippen LogP contribution is -2.44. The zero-order valence-electron chi connectivity index (χ0n) is 7.93. The molecule has 82 valence electrons. The van der Waals surface area contributed by atoms with E-state index < -0.39 is 17.9 Å². The van der Waals surface area contributed by atoms with Gasteiger partial charge in [-0.25, -0.2) is 9.78 Å². The molecule has 0 bridgehead atoms. The highest BCUT2D eigenvalue weighted by molar-refractivity contribution is 5.84. The molecule has 0 saturated carbocycles. The summed E-state index contributed by atoms with van der Waals surface area (Å²) in [5.41, 5.74) is 5.71. The first kappa shape index (κ1) is 11.2. The molecule has 0 unspecified atom stereocenters. The van der Waals surface area contributed by atoms with Gasteiger partial charge in [0.15, 0.2) is 0 Å². The molecule has 0 radical (unpaired) electrons. The van der Waals surface area contributed by atoms with Gasteiger partial charge in [0.2, 0.25) is 5.91 Å². The van der Waals surface area contributed by atoms with Gasteiger partial charge in [-0.3, -0.25) is 4.79 Å². The van der Waals surface area contributed by atoms with E-state index in [9.17, 15) is 9.59 Å². The fourth-order valence-corrected chi connectivity index (χ4v) is 1.07. The number of carbonyl (C=O) groups is 2. The summed E-state index contributed by atoms with van der Waals surface area (Å²) in [6.07, 6.45) is 3.10. The molecule has 0 aliphatic carbocycles. The van der Waals surface area contributed by atoms with E-state index in [1.165, 1.54) is 12.5 Å². The average Bonchev–Trinajstić information content (AvgIpc) is 2.69. The van der Waals surface area contributed by atoms with E-state index in [1.807, 2.05) is 0 Å². The molecule has 0 aliphatic heterocycles. The van der Waals surface area contributed by atoms with Gasteiger partial charge in [0.05, 0.1) is 12.9 Å². The molecule has 0 spiro atoms. The Hall–Kier alpha value is -1.89. The van der Waals surface area contributed by atoms with Crippen molar-refractivity contribution < 1.29 is 14.7 Å². The third-order valence-corrected chi connectivity index (χ3v) is 1.80. The van der Waals surface area contributed by atoms with Gasteiger partial charge in [0.25, 0.3) is 0 Å². The summed E-state index contributed by atoms with van der Waals surface area (Å²) in [6.45, 7) is -0.229. The van der Waals surface area contributed by atoms with E-state index in [4.69, 9.17) is 10.8 Å². The van der Waals surface area contributed by atoms with Crippen LogP contribution in [-0.4, -0.2) is 39.5 Å². The number of nitrogens with two attached hydrogens (primary N) is 1. The van der Waals surface area contributed by atoms with E-state index in [0.29, 0.717) is 5.69 Å². The SMILES string of the molecule is NCC(=O)N[C@H](Cc1cnc[nH]1)C(=O)O. The summed E-state index contributed by atoms with van der Waals surface area (Å²) in [7, 11) is 0. The largest absolute Gasteiger partial charge is 0.480 e. The number of aliphatic carboxylic acids is 1. The van der Waals surface area contributed by atoms with E-state index in [1.54, 1.807) is 0 Å². The Kier molecular flexibility index (Phi) is 3.81. The van der Waals surface area contributed by atoms with Gasteiger partial charge in [-0.2, -0.15) is 0 Å². The Morgan fingerprint density at radius 2 is 2.40 bits per heavy atom. The van der Waals surface area contributed by atoms with E-state index in [0.717, 1.165) is 0 Å². The van der Waals surface area contributed by atoms with Gasteiger partial charge in [-0.05, 0) is 0 Å². The second-order valence-corrected chi connectivity index (χ2v) is 2.94. The third-order valence-electron chi connectivity index (χ3n) is 1.80. The van der Waals surface area contributed by atoms with Gasteiger partial charge in [-0.1, -0.05) is 0 Å². The standard InChI is InChI=1S/C8H12N4O3/c9-2-7(13)12-6(8(14)15)1-5-3-10-4-11-5/h3-4,6H,1-2,9H2,(H,10,11)(H,12,13)(H,14,15)/t6-/m1/s1. The Balaban J connectivity index is 2.59. The summed E-state index contributed by atoms with van der Waals surface area (Å²) in [6, 6.07) is -0.985. The zero-order valence-corrected chi connectivity index (χ0v) is 7.93. The van der Waals surface area contributed by atoms with Crippen LogP contribution >= 0.6 is 0 Å². The van der Waals surface area contributed by atoms with Crippen LogP contribution in [0.1, 0.15) is 5.69 Å². The van der Waals surface area contributed by atoms with Crippen molar-refractivity contribution in [2.45, 2.75) is 12.5 Å². The molecule has 0 saturated heterocycles. The average molecular weight is 212 g/mol. The maximum absolute atomic E-state index is 10.9. The van der Waals surface area contributed by atoms with Crippen LogP contribution in [0, 0.1) is 0 Å². The molecule has 1 rings (SSSR count). The predicted octanol–water partition coefficient (Wildman–Crippen LogP) is -1.52. The molecule has 0 aromatic carbocycles. The monoisotopic (exact) mass is 212 g/mol. The number of carbonyl (C=O) groups excluding carboxylic acids is 1. The topological polar surface area (TPSA) is 121 Å². The van der Waals surface area contributed by atoms with Crippen molar-refractivity contribution in [3.05, 3.63) is 18.2 Å². The zero-order chi connectivity index (χ0) is 11.3. The number of nitrogens with one attached hydrogen (secondary N) is 2. The Morgan fingerprint density at radius 3 is 2.87 bits per heavy atom. The summed E-state index contributed by atoms with van der Waals surface area (Å²) < 4.78 is 0. The van der Waals surface area contributed by atoms with Crippen molar-refractivity contribution in [2.75, 3.05) is 6.54 Å². The van der Waals surface area contributed by atoms with Crippen LogP contribution in [0.5, 0.6) is 0 Å². The van der Waals surface area contributed by atoms with E-state index in [-0.39, 0.29) is 13.0 Å². The molecule has 1 heterocycles. The number of imidazole rings is 1. The molecule has 7 heteroatoms. The number of hydrogen-bond acceptors (Lipinski definition) is 4. The summed E-state index contributed by atoms with van der Waals surface area (Å²) in [5.74, 6) is -1.60. The van der Waals surface area contributed by atoms with Crippen molar-refractivity contribution in [3.8, 4) is 0 Å². The van der Waals surface area contributed by atoms with Crippen LogP contribution in [0.25, 0.3) is 0 Å². The van der Waals surface area contributed by atoms with Crippen LogP contribution in [0.2, 0.25) is 0 Å². The Bertz CT molecular complexity index is 336. The third kappa shape index (κ3) is 3.39. The predicted molar refractivity (Wildman–Crippen MR) is 50.9 cm³/mol. The van der Waals surface area contributed by atoms with Gasteiger partial charge in [0.1, 0.15) is 6.04 Å². The lowest BCUT2D eigenvalue weighted by molar-refractivity contribution is -0.141. The maximum Gasteiger partial charge on any atom is 0.326 e. The highest BCUT2D eigenvalue weighted by Crippen LogP contribution is 1.98. The van der Waals surface area contributed by atoms with Crippen molar-refractivity contribution in [1.82, 2.24) is 15.3 Å². The van der Waals surface area contributed by atoms with Gasteiger partial charge in [-0.15, -0.1) is 0 Å². The van der Waals surface area contributed by atoms with Crippen LogP contribution in [0.4, 0.5) is 0 Å². The second kappa shape index (κ2) is 5.11. The molecule has 1 atom stereocenters. The van der Waals surface area contributed by atoms with Gasteiger partial charge >= 0.3 is 5.97 Å². The van der Waals surface area contributed by atoms with Gasteiger partial charge in [0, 0.05) is 18.3 Å². The fraction of sp³-hybridized carbons (Fsp3) is 0.375. The summed E-state index contributed by atoms with van der Waals surface area (Å²) >= 11 is 0. The van der Waals surface area contributed by atoms with Crippen molar-refractivity contribution in [3.63, 3.8) is 0 Å². The smallest absolute Gasteiger partial charge is 0.326 e. The quantitative estimate of drug-likeness (QED) is 0.472. The molecule has 1 aromatic heterocycles.